The van der Waals surface area contributed by atoms with E-state index < -0.39 is 0 Å². The van der Waals surface area contributed by atoms with Gasteiger partial charge >= 0.3 is 0 Å². The lowest BCUT2D eigenvalue weighted by molar-refractivity contribution is 0.532. The summed E-state index contributed by atoms with van der Waals surface area (Å²) in [5, 5.41) is 1.90. The number of hydrogen-bond acceptors (Lipinski definition) is 4. The number of thioether (sulfide) groups is 1. The molecule has 0 atom stereocenters. The first-order valence-corrected chi connectivity index (χ1v) is 8.10. The van der Waals surface area contributed by atoms with Gasteiger partial charge < -0.3 is 0 Å². The van der Waals surface area contributed by atoms with Gasteiger partial charge in [-0.1, -0.05) is 30.3 Å². The molecular weight excluding hydrogens is 291 g/mol. The van der Waals surface area contributed by atoms with Gasteiger partial charge in [-0.25, -0.2) is 9.97 Å². The fourth-order valence-electron chi connectivity index (χ4n) is 1.99. The summed E-state index contributed by atoms with van der Waals surface area (Å²) in [4.78, 5) is 11.1. The summed E-state index contributed by atoms with van der Waals surface area (Å²) in [5.74, 6) is 1.17. The van der Waals surface area contributed by atoms with Crippen molar-refractivity contribution in [1.82, 2.24) is 9.97 Å². The van der Waals surface area contributed by atoms with Crippen molar-refractivity contribution < 1.29 is 4.39 Å². The van der Waals surface area contributed by atoms with Crippen LogP contribution in [-0.2, 0) is 0 Å². The van der Waals surface area contributed by atoms with Crippen molar-refractivity contribution in [3.63, 3.8) is 0 Å². The second-order valence-electron chi connectivity index (χ2n) is 4.31. The molecule has 0 bridgehead atoms. The molecule has 0 aliphatic heterocycles. The minimum absolute atomic E-state index is 0.342. The first-order chi connectivity index (χ1) is 9.78. The van der Waals surface area contributed by atoms with Gasteiger partial charge in [0, 0.05) is 16.0 Å². The maximum absolute atomic E-state index is 12.4. The summed E-state index contributed by atoms with van der Waals surface area (Å²) in [6.45, 7) is 1.53. The second-order valence-corrected chi connectivity index (χ2v) is 6.42. The minimum Gasteiger partial charge on any atom is -0.250 e. The zero-order chi connectivity index (χ0) is 13.9. The quantitative estimate of drug-likeness (QED) is 0.515. The summed E-state index contributed by atoms with van der Waals surface area (Å²) in [7, 11) is 0. The smallest absolute Gasteiger partial charge is 0.128 e. The highest BCUT2D eigenvalue weighted by atomic mass is 32.2. The van der Waals surface area contributed by atoms with Crippen molar-refractivity contribution >= 4 is 33.3 Å². The number of benzene rings is 1. The first kappa shape index (κ1) is 13.5. The van der Waals surface area contributed by atoms with Crippen molar-refractivity contribution in [3.05, 3.63) is 42.2 Å². The number of halogens is 1. The fourth-order valence-corrected chi connectivity index (χ4v) is 3.91. The fraction of sp³-hybridized carbons (Fsp3) is 0.200. The number of alkyl halides is 1. The lowest BCUT2D eigenvalue weighted by Gasteiger charge is -2.01. The molecule has 20 heavy (non-hydrogen) atoms. The van der Waals surface area contributed by atoms with Gasteiger partial charge in [0.15, 0.2) is 0 Å². The van der Waals surface area contributed by atoms with E-state index in [9.17, 15) is 4.39 Å². The van der Waals surface area contributed by atoms with Crippen LogP contribution in [0.25, 0.3) is 20.7 Å². The molecule has 0 saturated carbocycles. The number of fused-ring (bicyclic) bond motifs is 1. The van der Waals surface area contributed by atoms with Crippen LogP contribution in [0.1, 0.15) is 5.82 Å². The summed E-state index contributed by atoms with van der Waals surface area (Å²) in [6, 6.07) is 12.3. The summed E-state index contributed by atoms with van der Waals surface area (Å²) in [5.41, 5.74) is 1.18. The van der Waals surface area contributed by atoms with Gasteiger partial charge in [0.1, 0.15) is 15.7 Å². The molecule has 5 heteroatoms. The van der Waals surface area contributed by atoms with E-state index in [-0.39, 0.29) is 6.67 Å². The lowest BCUT2D eigenvalue weighted by atomic mass is 10.2. The van der Waals surface area contributed by atoms with Crippen LogP contribution in [0.2, 0.25) is 0 Å². The van der Waals surface area contributed by atoms with E-state index in [2.05, 4.69) is 28.2 Å². The molecule has 2 aromatic heterocycles. The Kier molecular flexibility index (Phi) is 3.98. The Hall–Kier alpha value is -1.46. The molecule has 3 aromatic rings. The molecule has 0 aliphatic rings. The van der Waals surface area contributed by atoms with Crippen LogP contribution in [0, 0.1) is 6.92 Å². The highest BCUT2D eigenvalue weighted by molar-refractivity contribution is 7.99. The maximum atomic E-state index is 12.4. The zero-order valence-corrected chi connectivity index (χ0v) is 12.6. The van der Waals surface area contributed by atoms with Gasteiger partial charge in [-0.15, -0.1) is 23.1 Å². The van der Waals surface area contributed by atoms with E-state index in [0.717, 1.165) is 21.1 Å². The highest BCUT2D eigenvalue weighted by Gasteiger charge is 2.11. The molecule has 0 saturated heterocycles. The average molecular weight is 304 g/mol. The SMILES string of the molecule is Cc1nc(SCCF)c2cc(-c3ccccc3)sc2n1. The number of rotatable bonds is 4. The van der Waals surface area contributed by atoms with Crippen molar-refractivity contribution in [2.24, 2.45) is 0 Å². The molecule has 3 rings (SSSR count). The van der Waals surface area contributed by atoms with Gasteiger partial charge in [0.2, 0.25) is 0 Å². The van der Waals surface area contributed by atoms with E-state index in [0.29, 0.717) is 5.75 Å². The molecule has 102 valence electrons. The van der Waals surface area contributed by atoms with Crippen LogP contribution in [-0.4, -0.2) is 22.4 Å². The normalized spacial score (nSPS) is 11.1. The zero-order valence-electron chi connectivity index (χ0n) is 11.0. The van der Waals surface area contributed by atoms with Crippen LogP contribution in [0.4, 0.5) is 4.39 Å². The molecule has 0 aliphatic carbocycles. The lowest BCUT2D eigenvalue weighted by Crippen LogP contribution is -1.91. The molecule has 1 aromatic carbocycles. The average Bonchev–Trinajstić information content (AvgIpc) is 2.89. The van der Waals surface area contributed by atoms with Gasteiger partial charge in [0.25, 0.3) is 0 Å². The van der Waals surface area contributed by atoms with Gasteiger partial charge in [-0.2, -0.15) is 0 Å². The van der Waals surface area contributed by atoms with E-state index in [1.807, 2.05) is 25.1 Å². The predicted octanol–water partition coefficient (Wildman–Crippen LogP) is 4.73. The number of aromatic nitrogens is 2. The maximum Gasteiger partial charge on any atom is 0.128 e. The Morgan fingerprint density at radius 1 is 1.20 bits per heavy atom. The molecule has 0 radical (unpaired) electrons. The predicted molar refractivity (Wildman–Crippen MR) is 84.3 cm³/mol. The number of nitrogens with zero attached hydrogens (tertiary/aromatic N) is 2. The molecule has 0 amide bonds. The monoisotopic (exact) mass is 304 g/mol. The summed E-state index contributed by atoms with van der Waals surface area (Å²) >= 11 is 3.11. The minimum atomic E-state index is -0.342. The van der Waals surface area contributed by atoms with Crippen molar-refractivity contribution in [2.45, 2.75) is 11.9 Å². The van der Waals surface area contributed by atoms with Crippen molar-refractivity contribution in [2.75, 3.05) is 12.4 Å². The topological polar surface area (TPSA) is 25.8 Å². The third-order valence-corrected chi connectivity index (χ3v) is 4.86. The van der Waals surface area contributed by atoms with E-state index in [1.54, 1.807) is 11.3 Å². The molecule has 0 unspecified atom stereocenters. The highest BCUT2D eigenvalue weighted by Crippen LogP contribution is 2.36. The van der Waals surface area contributed by atoms with Gasteiger partial charge in [-0.3, -0.25) is 4.39 Å². The third-order valence-electron chi connectivity index (χ3n) is 2.84. The third kappa shape index (κ3) is 2.69. The van der Waals surface area contributed by atoms with Crippen molar-refractivity contribution in [1.29, 1.82) is 0 Å². The summed E-state index contributed by atoms with van der Waals surface area (Å²) in [6.07, 6.45) is 0. The number of hydrogen-bond donors (Lipinski definition) is 0. The standard InChI is InChI=1S/C15H13FN2S2/c1-10-17-14(19-8-7-16)12-9-13(20-15(12)18-10)11-5-3-2-4-6-11/h2-6,9H,7-8H2,1H3. The Labute approximate surface area is 125 Å². The summed E-state index contributed by atoms with van der Waals surface area (Å²) < 4.78 is 12.4. The van der Waals surface area contributed by atoms with Crippen LogP contribution in [0.3, 0.4) is 0 Å². The molecule has 2 heterocycles. The molecule has 0 spiro atoms. The molecule has 0 N–H and O–H groups in total. The van der Waals surface area contributed by atoms with Crippen molar-refractivity contribution in [3.8, 4) is 10.4 Å². The number of thiophene rings is 1. The first-order valence-electron chi connectivity index (χ1n) is 6.30. The van der Waals surface area contributed by atoms with Crippen LogP contribution >= 0.6 is 23.1 Å². The second kappa shape index (κ2) is 5.89. The Morgan fingerprint density at radius 3 is 2.75 bits per heavy atom. The molecule has 0 fully saturated rings. The Bertz CT molecular complexity index is 725. The molecular formula is C15H13FN2S2. The van der Waals surface area contributed by atoms with E-state index >= 15 is 0 Å². The number of aryl methyl sites for hydroxylation is 1. The van der Waals surface area contributed by atoms with Crippen LogP contribution in [0.5, 0.6) is 0 Å². The van der Waals surface area contributed by atoms with Gasteiger partial charge in [0.05, 0.1) is 6.67 Å². The van der Waals surface area contributed by atoms with Gasteiger partial charge in [-0.05, 0) is 18.6 Å². The van der Waals surface area contributed by atoms with Crippen LogP contribution in [0.15, 0.2) is 41.4 Å². The van der Waals surface area contributed by atoms with E-state index in [1.165, 1.54) is 22.2 Å². The Balaban J connectivity index is 2.10. The largest absolute Gasteiger partial charge is 0.250 e. The Morgan fingerprint density at radius 2 is 2.00 bits per heavy atom. The molecule has 2 nitrogen and oxygen atoms in total. The van der Waals surface area contributed by atoms with E-state index in [4.69, 9.17) is 0 Å². The van der Waals surface area contributed by atoms with Crippen LogP contribution < -0.4 is 0 Å².